The molecule has 0 fully saturated rings. The van der Waals surface area contributed by atoms with Gasteiger partial charge in [0.25, 0.3) is 0 Å². The summed E-state index contributed by atoms with van der Waals surface area (Å²) in [6.45, 7) is 8.77. The van der Waals surface area contributed by atoms with Crippen molar-refractivity contribution in [2.45, 2.75) is 0 Å². The maximum Gasteiger partial charge on any atom is 0.0715 e. The summed E-state index contributed by atoms with van der Waals surface area (Å²) in [5, 5.41) is 9.51. The molecule has 0 bridgehead atoms. The topological polar surface area (TPSA) is 34.0 Å². The molecule has 1 aromatic heterocycles. The molecule has 64 valence electrons. The summed E-state index contributed by atoms with van der Waals surface area (Å²) in [6, 6.07) is 0. The average Bonchev–Trinajstić information content (AvgIpc) is 2.56. The molecule has 0 aliphatic heterocycles. The smallest absolute Gasteiger partial charge is 0.0715 e. The third kappa shape index (κ3) is 1.95. The quantitative estimate of drug-likeness (QED) is 0.597. The Hall–Kier alpha value is -1.58. The predicted molar refractivity (Wildman–Crippen MR) is 48.4 cm³/mol. The SMILES string of the molecule is C=CCN(CC=C)n1ccnn1. The lowest BCUT2D eigenvalue weighted by molar-refractivity contribution is 0.564. The van der Waals surface area contributed by atoms with Crippen molar-refractivity contribution in [2.75, 3.05) is 18.1 Å². The zero-order valence-electron chi connectivity index (χ0n) is 6.93. The van der Waals surface area contributed by atoms with Gasteiger partial charge in [-0.1, -0.05) is 12.2 Å². The van der Waals surface area contributed by atoms with Gasteiger partial charge in [0.1, 0.15) is 0 Å². The molecule has 0 atom stereocenters. The third-order valence-corrected chi connectivity index (χ3v) is 1.38. The van der Waals surface area contributed by atoms with Crippen molar-refractivity contribution in [1.82, 2.24) is 15.1 Å². The first kappa shape index (κ1) is 8.52. The molecule has 12 heavy (non-hydrogen) atoms. The molecule has 1 rings (SSSR count). The van der Waals surface area contributed by atoms with E-state index in [1.54, 1.807) is 17.2 Å². The number of nitrogens with zero attached hydrogens (tertiary/aromatic N) is 4. The Balaban J connectivity index is 2.65. The van der Waals surface area contributed by atoms with E-state index in [4.69, 9.17) is 0 Å². The van der Waals surface area contributed by atoms with E-state index in [1.807, 2.05) is 17.2 Å². The Kier molecular flexibility index (Phi) is 3.07. The molecule has 0 aromatic carbocycles. The Morgan fingerprint density at radius 2 is 2.00 bits per heavy atom. The van der Waals surface area contributed by atoms with Crippen LogP contribution < -0.4 is 5.01 Å². The van der Waals surface area contributed by atoms with Crippen LogP contribution in [-0.2, 0) is 0 Å². The number of aromatic nitrogens is 3. The highest BCUT2D eigenvalue weighted by molar-refractivity contribution is 4.95. The summed E-state index contributed by atoms with van der Waals surface area (Å²) < 4.78 is 0. The highest BCUT2D eigenvalue weighted by Crippen LogP contribution is 1.88. The lowest BCUT2D eigenvalue weighted by atomic mass is 10.5. The molecule has 1 aromatic rings. The molecule has 0 radical (unpaired) electrons. The van der Waals surface area contributed by atoms with Crippen molar-refractivity contribution in [3.05, 3.63) is 37.7 Å². The summed E-state index contributed by atoms with van der Waals surface area (Å²) >= 11 is 0. The molecule has 0 unspecified atom stereocenters. The van der Waals surface area contributed by atoms with Crippen molar-refractivity contribution in [3.63, 3.8) is 0 Å². The minimum Gasteiger partial charge on any atom is -0.288 e. The standard InChI is InChI=1S/C8H12N4/c1-3-6-11(7-4-2)12-8-5-9-10-12/h3-5,8H,1-2,6-7H2. The summed E-state index contributed by atoms with van der Waals surface area (Å²) in [6.07, 6.45) is 7.04. The fraction of sp³-hybridized carbons (Fsp3) is 0.250. The largest absolute Gasteiger partial charge is 0.288 e. The van der Waals surface area contributed by atoms with Gasteiger partial charge in [-0.15, -0.1) is 18.3 Å². The second kappa shape index (κ2) is 4.33. The van der Waals surface area contributed by atoms with Gasteiger partial charge in [0.05, 0.1) is 25.5 Å². The van der Waals surface area contributed by atoms with Crippen LogP contribution in [-0.4, -0.2) is 28.2 Å². The van der Waals surface area contributed by atoms with Gasteiger partial charge in [-0.2, -0.15) is 4.79 Å². The molecule has 0 saturated carbocycles. The van der Waals surface area contributed by atoms with Crippen LogP contribution in [0.4, 0.5) is 0 Å². The van der Waals surface area contributed by atoms with E-state index >= 15 is 0 Å². The van der Waals surface area contributed by atoms with Gasteiger partial charge in [0, 0.05) is 0 Å². The van der Waals surface area contributed by atoms with Crippen molar-refractivity contribution in [1.29, 1.82) is 0 Å². The van der Waals surface area contributed by atoms with E-state index in [-0.39, 0.29) is 0 Å². The lowest BCUT2D eigenvalue weighted by Crippen LogP contribution is -2.35. The van der Waals surface area contributed by atoms with Crippen LogP contribution in [0, 0.1) is 0 Å². The summed E-state index contributed by atoms with van der Waals surface area (Å²) in [4.78, 5) is 1.67. The summed E-state index contributed by atoms with van der Waals surface area (Å²) in [5.74, 6) is 0. The second-order valence-electron chi connectivity index (χ2n) is 2.27. The Morgan fingerprint density at radius 1 is 1.33 bits per heavy atom. The van der Waals surface area contributed by atoms with Crippen LogP contribution in [0.25, 0.3) is 0 Å². The first-order valence-electron chi connectivity index (χ1n) is 3.72. The molecular formula is C8H12N4. The van der Waals surface area contributed by atoms with E-state index in [0.29, 0.717) is 0 Å². The number of hydrogen-bond acceptors (Lipinski definition) is 3. The zero-order chi connectivity index (χ0) is 8.81. The van der Waals surface area contributed by atoms with E-state index in [1.165, 1.54) is 0 Å². The number of rotatable bonds is 5. The molecule has 0 spiro atoms. The zero-order valence-corrected chi connectivity index (χ0v) is 6.93. The molecule has 0 aliphatic rings. The van der Waals surface area contributed by atoms with Gasteiger partial charge < -0.3 is 0 Å². The monoisotopic (exact) mass is 164 g/mol. The Bertz CT molecular complexity index is 230. The Morgan fingerprint density at radius 3 is 2.42 bits per heavy atom. The van der Waals surface area contributed by atoms with Crippen LogP contribution in [0.2, 0.25) is 0 Å². The van der Waals surface area contributed by atoms with E-state index < -0.39 is 0 Å². The molecule has 1 heterocycles. The maximum atomic E-state index is 3.85. The van der Waals surface area contributed by atoms with Crippen LogP contribution in [0.15, 0.2) is 37.7 Å². The lowest BCUT2D eigenvalue weighted by Gasteiger charge is -2.19. The first-order chi connectivity index (χ1) is 5.88. The van der Waals surface area contributed by atoms with E-state index in [0.717, 1.165) is 13.1 Å². The second-order valence-corrected chi connectivity index (χ2v) is 2.27. The van der Waals surface area contributed by atoms with E-state index in [2.05, 4.69) is 23.5 Å². The number of hydrogen-bond donors (Lipinski definition) is 0. The van der Waals surface area contributed by atoms with Gasteiger partial charge in [-0.25, -0.2) is 0 Å². The van der Waals surface area contributed by atoms with Crippen molar-refractivity contribution < 1.29 is 0 Å². The van der Waals surface area contributed by atoms with E-state index in [9.17, 15) is 0 Å². The first-order valence-corrected chi connectivity index (χ1v) is 3.72. The average molecular weight is 164 g/mol. The van der Waals surface area contributed by atoms with Gasteiger partial charge in [-0.3, -0.25) is 5.01 Å². The van der Waals surface area contributed by atoms with Crippen molar-refractivity contribution in [3.8, 4) is 0 Å². The minimum absolute atomic E-state index is 0.732. The Labute approximate surface area is 71.8 Å². The fourth-order valence-corrected chi connectivity index (χ4v) is 0.893. The normalized spacial score (nSPS) is 9.33. The van der Waals surface area contributed by atoms with Crippen LogP contribution in [0.5, 0.6) is 0 Å². The molecular weight excluding hydrogens is 152 g/mol. The third-order valence-electron chi connectivity index (χ3n) is 1.38. The molecule has 4 nitrogen and oxygen atoms in total. The van der Waals surface area contributed by atoms with Gasteiger partial charge in [-0.05, 0) is 5.21 Å². The highest BCUT2D eigenvalue weighted by atomic mass is 15.7. The fourth-order valence-electron chi connectivity index (χ4n) is 0.893. The van der Waals surface area contributed by atoms with Crippen LogP contribution in [0.1, 0.15) is 0 Å². The van der Waals surface area contributed by atoms with Crippen molar-refractivity contribution in [2.24, 2.45) is 0 Å². The van der Waals surface area contributed by atoms with Gasteiger partial charge in [0.2, 0.25) is 0 Å². The van der Waals surface area contributed by atoms with Crippen LogP contribution in [0.3, 0.4) is 0 Å². The molecule has 0 aliphatic carbocycles. The molecule has 0 N–H and O–H groups in total. The predicted octanol–water partition coefficient (Wildman–Crippen LogP) is 0.588. The summed E-state index contributed by atoms with van der Waals surface area (Å²) in [7, 11) is 0. The van der Waals surface area contributed by atoms with Gasteiger partial charge >= 0.3 is 0 Å². The van der Waals surface area contributed by atoms with Crippen LogP contribution >= 0.6 is 0 Å². The highest BCUT2D eigenvalue weighted by Gasteiger charge is 1.99. The molecule has 4 heteroatoms. The minimum atomic E-state index is 0.732. The van der Waals surface area contributed by atoms with Gasteiger partial charge in [0.15, 0.2) is 0 Å². The summed E-state index contributed by atoms with van der Waals surface area (Å²) in [5.41, 5.74) is 0. The molecule has 0 saturated heterocycles. The maximum absolute atomic E-state index is 3.85. The molecule has 0 amide bonds. The van der Waals surface area contributed by atoms with Crippen molar-refractivity contribution >= 4 is 0 Å².